The van der Waals surface area contributed by atoms with E-state index in [4.69, 9.17) is 16.7 Å². The number of hydrogen-bond donors (Lipinski definition) is 1. The zero-order valence-corrected chi connectivity index (χ0v) is 5.80. The molecule has 0 heterocycles. The lowest BCUT2D eigenvalue weighted by Crippen LogP contribution is -1.79. The molecular formula is C7H5ClO2. The van der Waals surface area contributed by atoms with Crippen molar-refractivity contribution in [3.63, 3.8) is 0 Å². The molecule has 0 aliphatic heterocycles. The summed E-state index contributed by atoms with van der Waals surface area (Å²) >= 11 is 5.48. The summed E-state index contributed by atoms with van der Waals surface area (Å²) in [6.45, 7) is 0. The van der Waals surface area contributed by atoms with Gasteiger partial charge in [0.1, 0.15) is 5.75 Å². The van der Waals surface area contributed by atoms with E-state index >= 15 is 0 Å². The van der Waals surface area contributed by atoms with Crippen LogP contribution in [0.2, 0.25) is 5.02 Å². The van der Waals surface area contributed by atoms with Crippen molar-refractivity contribution in [2.24, 2.45) is 0 Å². The molecule has 1 aromatic carbocycles. The van der Waals surface area contributed by atoms with Gasteiger partial charge < -0.3 is 5.11 Å². The summed E-state index contributed by atoms with van der Waals surface area (Å²) in [6, 6.07) is 4.61. The number of phenolic OH excluding ortho intramolecular Hbond substituents is 1. The molecule has 0 spiro atoms. The molecule has 0 aliphatic carbocycles. The highest BCUT2D eigenvalue weighted by Crippen LogP contribution is 2.24. The quantitative estimate of drug-likeness (QED) is 0.631. The number of benzene rings is 1. The van der Waals surface area contributed by atoms with Gasteiger partial charge in [-0.3, -0.25) is 4.79 Å². The van der Waals surface area contributed by atoms with Crippen LogP contribution in [-0.4, -0.2) is 11.4 Å². The second kappa shape index (κ2) is 2.71. The third-order valence-corrected chi connectivity index (χ3v) is 1.45. The van der Waals surface area contributed by atoms with E-state index in [1.807, 2.05) is 0 Å². The molecule has 0 atom stereocenters. The Morgan fingerprint density at radius 3 is 2.70 bits per heavy atom. The van der Waals surface area contributed by atoms with E-state index in [9.17, 15) is 4.79 Å². The van der Waals surface area contributed by atoms with Crippen LogP contribution in [0.4, 0.5) is 0 Å². The summed E-state index contributed by atoms with van der Waals surface area (Å²) in [7, 11) is 0. The highest BCUT2D eigenvalue weighted by Gasteiger charge is 2.01. The Morgan fingerprint density at radius 2 is 2.20 bits per heavy atom. The van der Waals surface area contributed by atoms with E-state index in [0.29, 0.717) is 6.29 Å². The predicted molar refractivity (Wildman–Crippen MR) is 38.5 cm³/mol. The molecule has 0 radical (unpaired) electrons. The lowest BCUT2D eigenvalue weighted by molar-refractivity contribution is 0.112. The summed E-state index contributed by atoms with van der Waals surface area (Å²) in [5.74, 6) is -0.154. The molecule has 0 saturated carbocycles. The zero-order chi connectivity index (χ0) is 7.56. The molecule has 0 aromatic heterocycles. The van der Waals surface area contributed by atoms with Gasteiger partial charge in [-0.15, -0.1) is 0 Å². The van der Waals surface area contributed by atoms with Crippen LogP contribution in [-0.2, 0) is 0 Å². The van der Waals surface area contributed by atoms with Gasteiger partial charge in [0.25, 0.3) is 0 Å². The molecule has 2 nitrogen and oxygen atoms in total. The molecule has 0 unspecified atom stereocenters. The predicted octanol–water partition coefficient (Wildman–Crippen LogP) is 1.86. The van der Waals surface area contributed by atoms with Crippen molar-refractivity contribution in [1.82, 2.24) is 0 Å². The maximum atomic E-state index is 10.2. The highest BCUT2D eigenvalue weighted by molar-refractivity contribution is 6.32. The van der Waals surface area contributed by atoms with Gasteiger partial charge in [-0.25, -0.2) is 0 Å². The van der Waals surface area contributed by atoms with Gasteiger partial charge >= 0.3 is 0 Å². The molecule has 0 fully saturated rings. The Hall–Kier alpha value is -1.02. The monoisotopic (exact) mass is 156 g/mol. The molecule has 0 bridgehead atoms. The second-order valence-electron chi connectivity index (χ2n) is 1.80. The maximum Gasteiger partial charge on any atom is 0.153 e. The largest absolute Gasteiger partial charge is 0.506 e. The first-order chi connectivity index (χ1) is 4.75. The standard InChI is InChI=1S/C7H5ClO2/c8-6-3-1-2-5(4-9)7(6)10/h1-4,10H. The topological polar surface area (TPSA) is 37.3 Å². The molecule has 0 aliphatic rings. The van der Waals surface area contributed by atoms with E-state index < -0.39 is 0 Å². The van der Waals surface area contributed by atoms with Crippen molar-refractivity contribution in [3.8, 4) is 5.75 Å². The van der Waals surface area contributed by atoms with Gasteiger partial charge in [-0.2, -0.15) is 0 Å². The molecule has 52 valence electrons. The van der Waals surface area contributed by atoms with Crippen LogP contribution in [0.15, 0.2) is 18.2 Å². The van der Waals surface area contributed by atoms with Crippen LogP contribution in [0, 0.1) is 0 Å². The average molecular weight is 157 g/mol. The minimum Gasteiger partial charge on any atom is -0.506 e. The first-order valence-electron chi connectivity index (χ1n) is 2.68. The number of carbonyl (C=O) groups is 1. The van der Waals surface area contributed by atoms with Crippen molar-refractivity contribution in [3.05, 3.63) is 28.8 Å². The van der Waals surface area contributed by atoms with Crippen LogP contribution < -0.4 is 0 Å². The van der Waals surface area contributed by atoms with Crippen molar-refractivity contribution in [2.75, 3.05) is 0 Å². The van der Waals surface area contributed by atoms with Gasteiger partial charge in [0.05, 0.1) is 10.6 Å². The lowest BCUT2D eigenvalue weighted by atomic mass is 10.2. The van der Waals surface area contributed by atoms with E-state index in [2.05, 4.69) is 0 Å². The average Bonchev–Trinajstić information content (AvgIpc) is 1.95. The summed E-state index contributed by atoms with van der Waals surface area (Å²) < 4.78 is 0. The summed E-state index contributed by atoms with van der Waals surface area (Å²) in [4.78, 5) is 10.2. The smallest absolute Gasteiger partial charge is 0.153 e. The van der Waals surface area contributed by atoms with Crippen LogP contribution in [0.1, 0.15) is 10.4 Å². The first kappa shape index (κ1) is 7.09. The number of aldehydes is 1. The summed E-state index contributed by atoms with van der Waals surface area (Å²) in [5, 5.41) is 9.23. The molecule has 10 heavy (non-hydrogen) atoms. The van der Waals surface area contributed by atoms with Gasteiger partial charge in [-0.1, -0.05) is 17.7 Å². The Morgan fingerprint density at radius 1 is 1.50 bits per heavy atom. The first-order valence-corrected chi connectivity index (χ1v) is 3.06. The van der Waals surface area contributed by atoms with E-state index in [-0.39, 0.29) is 16.3 Å². The van der Waals surface area contributed by atoms with Crippen molar-refractivity contribution >= 4 is 17.9 Å². The van der Waals surface area contributed by atoms with Crippen molar-refractivity contribution in [1.29, 1.82) is 0 Å². The van der Waals surface area contributed by atoms with Gasteiger partial charge in [-0.05, 0) is 12.1 Å². The van der Waals surface area contributed by atoms with Crippen molar-refractivity contribution in [2.45, 2.75) is 0 Å². The number of phenols is 1. The van der Waals surface area contributed by atoms with Crippen molar-refractivity contribution < 1.29 is 9.90 Å². The number of aromatic hydroxyl groups is 1. The summed E-state index contributed by atoms with van der Waals surface area (Å²) in [5.41, 5.74) is 0.215. The van der Waals surface area contributed by atoms with Crippen LogP contribution in [0.3, 0.4) is 0 Å². The fourth-order valence-corrected chi connectivity index (χ4v) is 0.809. The maximum absolute atomic E-state index is 10.2. The number of carbonyl (C=O) groups excluding carboxylic acids is 1. The van der Waals surface area contributed by atoms with Crippen LogP contribution in [0.25, 0.3) is 0 Å². The molecular weight excluding hydrogens is 152 g/mol. The molecule has 0 saturated heterocycles. The van der Waals surface area contributed by atoms with Crippen LogP contribution >= 0.6 is 11.6 Å². The fourth-order valence-electron chi connectivity index (χ4n) is 0.627. The van der Waals surface area contributed by atoms with E-state index in [1.54, 1.807) is 6.07 Å². The Balaban J connectivity index is 3.27. The SMILES string of the molecule is O=Cc1cccc(Cl)c1O. The number of hydrogen-bond acceptors (Lipinski definition) is 2. The summed E-state index contributed by atoms with van der Waals surface area (Å²) in [6.07, 6.45) is 0.557. The van der Waals surface area contributed by atoms with E-state index in [0.717, 1.165) is 0 Å². The minimum absolute atomic E-state index is 0.154. The Bertz CT molecular complexity index is 258. The molecule has 1 N–H and O–H groups in total. The third kappa shape index (κ3) is 1.11. The fraction of sp³-hybridized carbons (Fsp3) is 0. The number of para-hydroxylation sites is 1. The Kier molecular flexibility index (Phi) is 1.92. The molecule has 1 aromatic rings. The highest BCUT2D eigenvalue weighted by atomic mass is 35.5. The second-order valence-corrected chi connectivity index (χ2v) is 2.20. The van der Waals surface area contributed by atoms with Gasteiger partial charge in [0.15, 0.2) is 6.29 Å². The van der Waals surface area contributed by atoms with Crippen LogP contribution in [0.5, 0.6) is 5.75 Å². The number of rotatable bonds is 1. The lowest BCUT2D eigenvalue weighted by Gasteiger charge is -1.96. The normalized spacial score (nSPS) is 9.30. The third-order valence-electron chi connectivity index (χ3n) is 1.14. The molecule has 3 heteroatoms. The minimum atomic E-state index is -0.154. The van der Waals surface area contributed by atoms with E-state index in [1.165, 1.54) is 12.1 Å². The van der Waals surface area contributed by atoms with Gasteiger partial charge in [0, 0.05) is 0 Å². The molecule has 0 amide bonds. The number of halogens is 1. The van der Waals surface area contributed by atoms with Gasteiger partial charge in [0.2, 0.25) is 0 Å². The molecule has 1 rings (SSSR count). The Labute approximate surface area is 63.1 Å². The zero-order valence-electron chi connectivity index (χ0n) is 5.04.